The van der Waals surface area contributed by atoms with Crippen molar-refractivity contribution in [3.8, 4) is 0 Å². The first kappa shape index (κ1) is 8.19. The van der Waals surface area contributed by atoms with Gasteiger partial charge in [-0.05, 0) is 0 Å². The number of hydrogen-bond acceptors (Lipinski definition) is 0. The van der Waals surface area contributed by atoms with Gasteiger partial charge in [0.1, 0.15) is 0 Å². The quantitative estimate of drug-likeness (QED) is 0.698. The molecule has 0 aromatic heterocycles. The molecule has 0 bridgehead atoms. The third-order valence-electron chi connectivity index (χ3n) is 1.60. The van der Waals surface area contributed by atoms with Crippen molar-refractivity contribution >= 4 is 3.32 Å². The van der Waals surface area contributed by atoms with Crippen molar-refractivity contribution in [3.63, 3.8) is 0 Å². The van der Waals surface area contributed by atoms with E-state index in [1.165, 1.54) is 5.56 Å². The average Bonchev–Trinajstić information content (AvgIpc) is 1.88. The molecule has 0 saturated carbocycles. The summed E-state index contributed by atoms with van der Waals surface area (Å²) >= 11 is -1.20. The molecule has 0 nitrogen and oxygen atoms in total. The van der Waals surface area contributed by atoms with Gasteiger partial charge >= 0.3 is 70.9 Å². The van der Waals surface area contributed by atoms with E-state index in [1.807, 2.05) is 0 Å². The summed E-state index contributed by atoms with van der Waals surface area (Å²) < 4.78 is 6.50. The average molecular weight is 300 g/mol. The van der Waals surface area contributed by atoms with Crippen LogP contribution in [0.1, 0.15) is 5.56 Å². The van der Waals surface area contributed by atoms with Gasteiger partial charge in [-0.1, -0.05) is 0 Å². The minimum absolute atomic E-state index is 1.20. The van der Waals surface area contributed by atoms with Crippen molar-refractivity contribution in [3.05, 3.63) is 29.8 Å². The van der Waals surface area contributed by atoms with Gasteiger partial charge in [-0.25, -0.2) is 0 Å². The summed E-state index contributed by atoms with van der Waals surface area (Å²) in [6.45, 7) is 2.16. The standard InChI is InChI=1S/C7H7.2CH3.Hf/c1-7-5-3-2-4-6-7;;;/h2-3,5-6H,1H3;2*1H3;. The second-order valence-electron chi connectivity index (χ2n) is 2.87. The first-order valence-corrected chi connectivity index (χ1v) is 12.6. The predicted molar refractivity (Wildman–Crippen MR) is 42.5 cm³/mol. The minimum atomic E-state index is -1.20. The summed E-state index contributed by atoms with van der Waals surface area (Å²) in [5, 5.41) is 0. The van der Waals surface area contributed by atoms with E-state index in [-0.39, 0.29) is 0 Å². The molecule has 10 heavy (non-hydrogen) atoms. The summed E-state index contributed by atoms with van der Waals surface area (Å²) in [6, 6.07) is 8.94. The van der Waals surface area contributed by atoms with Crippen molar-refractivity contribution < 1.29 is 21.4 Å². The predicted octanol–water partition coefficient (Wildman–Crippen LogP) is 2.33. The fourth-order valence-electron chi connectivity index (χ4n) is 0.956. The van der Waals surface area contributed by atoms with Crippen LogP contribution < -0.4 is 3.32 Å². The Bertz CT molecular complexity index is 216. The molecule has 0 aliphatic carbocycles. The summed E-state index contributed by atoms with van der Waals surface area (Å²) in [7, 11) is 0. The fourth-order valence-corrected chi connectivity index (χ4v) is 4.35. The molecule has 0 spiro atoms. The Morgan fingerprint density at radius 1 is 1.20 bits per heavy atom. The Morgan fingerprint density at radius 3 is 2.30 bits per heavy atom. The fraction of sp³-hybridized carbons (Fsp3) is 0.333. The van der Waals surface area contributed by atoms with E-state index < -0.39 is 21.4 Å². The van der Waals surface area contributed by atoms with E-state index in [2.05, 4.69) is 40.5 Å². The van der Waals surface area contributed by atoms with Crippen LogP contribution in [-0.4, -0.2) is 0 Å². The molecule has 0 N–H and O–H groups in total. The zero-order valence-electron chi connectivity index (χ0n) is 6.81. The van der Waals surface area contributed by atoms with Gasteiger partial charge in [-0.2, -0.15) is 0 Å². The van der Waals surface area contributed by atoms with Gasteiger partial charge in [0.25, 0.3) is 0 Å². The summed E-state index contributed by atoms with van der Waals surface area (Å²) in [5.74, 6) is 0. The Morgan fingerprint density at radius 2 is 1.90 bits per heavy atom. The van der Waals surface area contributed by atoms with Crippen LogP contribution in [0.3, 0.4) is 0 Å². The first-order valence-electron chi connectivity index (χ1n) is 3.57. The molecule has 0 aliphatic heterocycles. The molecule has 0 radical (unpaired) electrons. The van der Waals surface area contributed by atoms with Crippen LogP contribution in [-0.2, 0) is 21.4 Å². The van der Waals surface area contributed by atoms with Crippen molar-refractivity contribution in [2.24, 2.45) is 0 Å². The number of hydrogen-bond donors (Lipinski definition) is 0. The zero-order chi connectivity index (χ0) is 7.56. The van der Waals surface area contributed by atoms with Crippen LogP contribution in [0, 0.1) is 6.92 Å². The molecule has 0 fully saturated rings. The molecule has 1 aromatic carbocycles. The van der Waals surface area contributed by atoms with Crippen LogP contribution in [0.25, 0.3) is 0 Å². The van der Waals surface area contributed by atoms with Crippen LogP contribution in [0.2, 0.25) is 9.36 Å². The third kappa shape index (κ3) is 2.05. The van der Waals surface area contributed by atoms with Gasteiger partial charge in [0.05, 0.1) is 0 Å². The van der Waals surface area contributed by atoms with Crippen LogP contribution in [0.4, 0.5) is 0 Å². The van der Waals surface area contributed by atoms with E-state index in [0.717, 1.165) is 0 Å². The maximum absolute atomic E-state index is 2.43. The number of benzene rings is 1. The molecule has 53 valence electrons. The Kier molecular flexibility index (Phi) is 2.84. The molecule has 0 atom stereocenters. The summed E-state index contributed by atoms with van der Waals surface area (Å²) in [4.78, 5) is 0. The van der Waals surface area contributed by atoms with Crippen LogP contribution in [0.15, 0.2) is 24.3 Å². The SMILES string of the molecule is Cc1ccc[c]([Hf]([CH3])[CH3])c1. The van der Waals surface area contributed by atoms with E-state index >= 15 is 0 Å². The van der Waals surface area contributed by atoms with Gasteiger partial charge in [-0.15, -0.1) is 0 Å². The van der Waals surface area contributed by atoms with Gasteiger partial charge < -0.3 is 0 Å². The van der Waals surface area contributed by atoms with E-state index in [9.17, 15) is 0 Å². The first-order chi connectivity index (χ1) is 4.70. The molecule has 1 rings (SSSR count). The van der Waals surface area contributed by atoms with Crippen molar-refractivity contribution in [2.45, 2.75) is 16.3 Å². The van der Waals surface area contributed by atoms with E-state index in [4.69, 9.17) is 0 Å². The van der Waals surface area contributed by atoms with Crippen molar-refractivity contribution in [1.29, 1.82) is 0 Å². The molecule has 0 aliphatic rings. The van der Waals surface area contributed by atoms with Gasteiger partial charge in [0.15, 0.2) is 0 Å². The van der Waals surface area contributed by atoms with Crippen LogP contribution >= 0.6 is 0 Å². The monoisotopic (exact) mass is 301 g/mol. The number of rotatable bonds is 1. The Balaban J connectivity index is 2.96. The molecular formula is C9H13Hf. The topological polar surface area (TPSA) is 0 Å². The maximum atomic E-state index is 2.43. The Labute approximate surface area is 70.8 Å². The molecule has 1 heteroatoms. The second kappa shape index (κ2) is 3.47. The zero-order valence-corrected chi connectivity index (χ0v) is 10.4. The number of aryl methyl sites for hydroxylation is 1. The van der Waals surface area contributed by atoms with Crippen molar-refractivity contribution in [1.82, 2.24) is 0 Å². The molecular weight excluding hydrogens is 287 g/mol. The summed E-state index contributed by atoms with van der Waals surface area (Å²) in [6.07, 6.45) is 0. The van der Waals surface area contributed by atoms with Crippen LogP contribution in [0.5, 0.6) is 0 Å². The van der Waals surface area contributed by atoms with E-state index in [1.54, 1.807) is 3.32 Å². The molecule has 1 aromatic rings. The Hall–Kier alpha value is 0.0901. The molecule has 0 heterocycles. The van der Waals surface area contributed by atoms with E-state index in [0.29, 0.717) is 0 Å². The van der Waals surface area contributed by atoms with Gasteiger partial charge in [0, 0.05) is 0 Å². The normalized spacial score (nSPS) is 9.50. The molecule has 0 saturated heterocycles. The molecule has 0 unspecified atom stereocenters. The van der Waals surface area contributed by atoms with Gasteiger partial charge in [-0.3, -0.25) is 0 Å². The van der Waals surface area contributed by atoms with Gasteiger partial charge in [0.2, 0.25) is 0 Å². The second-order valence-corrected chi connectivity index (χ2v) is 12.1. The van der Waals surface area contributed by atoms with Crippen molar-refractivity contribution in [2.75, 3.05) is 0 Å². The third-order valence-corrected chi connectivity index (χ3v) is 6.86. The molecule has 0 amide bonds. The summed E-state index contributed by atoms with van der Waals surface area (Å²) in [5.41, 5.74) is 1.41.